The number of hydrogen-bond donors (Lipinski definition) is 2. The number of nitriles is 1. The molecule has 0 aliphatic heterocycles. The monoisotopic (exact) mass is 205 g/mol. The molecular formula is C11H11NO3. The third-order valence-corrected chi connectivity index (χ3v) is 2.14. The van der Waals surface area contributed by atoms with Crippen molar-refractivity contribution in [3.63, 3.8) is 0 Å². The summed E-state index contributed by atoms with van der Waals surface area (Å²) in [6.07, 6.45) is -0.345. The highest BCUT2D eigenvalue weighted by Crippen LogP contribution is 2.25. The van der Waals surface area contributed by atoms with Crippen LogP contribution in [0.25, 0.3) is 0 Å². The lowest BCUT2D eigenvalue weighted by Gasteiger charge is -2.19. The van der Waals surface area contributed by atoms with Crippen molar-refractivity contribution in [1.29, 1.82) is 5.26 Å². The molecule has 4 heteroatoms. The molecule has 0 fully saturated rings. The number of rotatable bonds is 4. The Morgan fingerprint density at radius 3 is 2.47 bits per heavy atom. The summed E-state index contributed by atoms with van der Waals surface area (Å²) in [4.78, 5) is 10.4. The Morgan fingerprint density at radius 2 is 2.00 bits per heavy atom. The second-order valence-corrected chi connectivity index (χ2v) is 3.23. The van der Waals surface area contributed by atoms with Crippen LogP contribution in [0.5, 0.6) is 0 Å². The first-order valence-electron chi connectivity index (χ1n) is 4.49. The van der Waals surface area contributed by atoms with Gasteiger partial charge in [0.15, 0.2) is 5.60 Å². The predicted octanol–water partition coefficient (Wildman–Crippen LogP) is 1.26. The van der Waals surface area contributed by atoms with Crippen molar-refractivity contribution in [3.05, 3.63) is 35.9 Å². The predicted molar refractivity (Wildman–Crippen MR) is 52.8 cm³/mol. The van der Waals surface area contributed by atoms with Gasteiger partial charge in [0, 0.05) is 12.8 Å². The van der Waals surface area contributed by atoms with Crippen molar-refractivity contribution < 1.29 is 15.0 Å². The van der Waals surface area contributed by atoms with Gasteiger partial charge < -0.3 is 10.2 Å². The molecule has 0 saturated carbocycles. The zero-order valence-corrected chi connectivity index (χ0v) is 8.05. The summed E-state index contributed by atoms with van der Waals surface area (Å²) in [7, 11) is 0. The molecule has 0 heterocycles. The van der Waals surface area contributed by atoms with Crippen molar-refractivity contribution in [2.75, 3.05) is 0 Å². The van der Waals surface area contributed by atoms with Crippen molar-refractivity contribution in [2.24, 2.45) is 0 Å². The molecule has 1 aromatic carbocycles. The quantitative estimate of drug-likeness (QED) is 0.725. The minimum atomic E-state index is -1.71. The van der Waals surface area contributed by atoms with Crippen molar-refractivity contribution in [3.8, 4) is 6.07 Å². The van der Waals surface area contributed by atoms with Gasteiger partial charge >= 0.3 is 5.97 Å². The Bertz CT molecular complexity index is 383. The van der Waals surface area contributed by atoms with E-state index in [0.29, 0.717) is 5.56 Å². The van der Waals surface area contributed by atoms with Gasteiger partial charge in [0.2, 0.25) is 0 Å². The maximum atomic E-state index is 10.4. The fourth-order valence-corrected chi connectivity index (χ4v) is 1.27. The summed E-state index contributed by atoms with van der Waals surface area (Å²) >= 11 is 0. The lowest BCUT2D eigenvalue weighted by molar-refractivity contribution is -0.138. The molecule has 0 bridgehead atoms. The van der Waals surface area contributed by atoms with Crippen LogP contribution in [0, 0.1) is 11.3 Å². The first-order chi connectivity index (χ1) is 7.08. The van der Waals surface area contributed by atoms with Gasteiger partial charge in [0.1, 0.15) is 6.07 Å². The van der Waals surface area contributed by atoms with Gasteiger partial charge in [0.05, 0.1) is 0 Å². The molecule has 15 heavy (non-hydrogen) atoms. The fraction of sp³-hybridized carbons (Fsp3) is 0.273. The van der Waals surface area contributed by atoms with Crippen LogP contribution < -0.4 is 0 Å². The molecule has 0 aromatic heterocycles. The van der Waals surface area contributed by atoms with Crippen LogP contribution in [0.4, 0.5) is 0 Å². The van der Waals surface area contributed by atoms with Crippen LogP contribution in [-0.4, -0.2) is 16.2 Å². The number of nitrogens with zero attached hydrogens (tertiary/aromatic N) is 1. The van der Waals surface area contributed by atoms with E-state index in [1.54, 1.807) is 36.4 Å². The first-order valence-corrected chi connectivity index (χ1v) is 4.49. The minimum absolute atomic E-state index is 0.108. The molecule has 1 aromatic rings. The van der Waals surface area contributed by atoms with Gasteiger partial charge in [-0.2, -0.15) is 5.26 Å². The van der Waals surface area contributed by atoms with Crippen LogP contribution in [0.15, 0.2) is 30.3 Å². The number of carbonyl (C=O) groups is 1. The number of benzene rings is 1. The molecule has 0 aliphatic rings. The summed E-state index contributed by atoms with van der Waals surface area (Å²) in [6, 6.07) is 10.1. The lowest BCUT2D eigenvalue weighted by atomic mass is 9.91. The molecule has 1 atom stereocenters. The Labute approximate surface area is 87.4 Å². The first kappa shape index (κ1) is 11.2. The van der Waals surface area contributed by atoms with Crippen LogP contribution in [0.3, 0.4) is 0 Å². The van der Waals surface area contributed by atoms with E-state index >= 15 is 0 Å². The van der Waals surface area contributed by atoms with E-state index in [2.05, 4.69) is 0 Å². The number of aliphatic carboxylic acids is 1. The van der Waals surface area contributed by atoms with E-state index in [1.807, 2.05) is 0 Å². The van der Waals surface area contributed by atoms with E-state index in [1.165, 1.54) is 0 Å². The minimum Gasteiger partial charge on any atom is -0.481 e. The van der Waals surface area contributed by atoms with Gasteiger partial charge in [-0.25, -0.2) is 0 Å². The second kappa shape index (κ2) is 4.58. The maximum Gasteiger partial charge on any atom is 0.303 e. The third-order valence-electron chi connectivity index (χ3n) is 2.14. The van der Waals surface area contributed by atoms with Gasteiger partial charge in [-0.15, -0.1) is 0 Å². The fourth-order valence-electron chi connectivity index (χ4n) is 1.27. The molecule has 0 radical (unpaired) electrons. The SMILES string of the molecule is N#CC(O)(CCC(=O)O)c1ccccc1. The van der Waals surface area contributed by atoms with Gasteiger partial charge in [-0.1, -0.05) is 30.3 Å². The standard InChI is InChI=1S/C11H11NO3/c12-8-11(15,7-6-10(13)14)9-4-2-1-3-5-9/h1-5,15H,6-7H2,(H,13,14). The van der Waals surface area contributed by atoms with Crippen LogP contribution in [-0.2, 0) is 10.4 Å². The largest absolute Gasteiger partial charge is 0.481 e. The molecule has 0 aliphatic carbocycles. The number of carboxylic acids is 1. The molecular weight excluding hydrogens is 194 g/mol. The van der Waals surface area contributed by atoms with Crippen LogP contribution in [0.1, 0.15) is 18.4 Å². The molecule has 0 amide bonds. The maximum absolute atomic E-state index is 10.4. The van der Waals surface area contributed by atoms with Crippen molar-refractivity contribution >= 4 is 5.97 Å². The van der Waals surface area contributed by atoms with E-state index in [0.717, 1.165) is 0 Å². The zero-order valence-electron chi connectivity index (χ0n) is 8.05. The summed E-state index contributed by atoms with van der Waals surface area (Å²) in [6.45, 7) is 0. The average Bonchev–Trinajstić information content (AvgIpc) is 2.27. The highest BCUT2D eigenvalue weighted by Gasteiger charge is 2.29. The molecule has 0 saturated heterocycles. The number of carboxylic acid groups (broad SMARTS) is 1. The molecule has 4 nitrogen and oxygen atoms in total. The second-order valence-electron chi connectivity index (χ2n) is 3.23. The average molecular weight is 205 g/mol. The van der Waals surface area contributed by atoms with Gasteiger partial charge in [-0.3, -0.25) is 4.79 Å². The summed E-state index contributed by atoms with van der Waals surface area (Å²) in [5, 5.41) is 27.3. The number of aliphatic hydroxyl groups is 1. The smallest absolute Gasteiger partial charge is 0.303 e. The Morgan fingerprint density at radius 1 is 1.40 bits per heavy atom. The van der Waals surface area contributed by atoms with E-state index in [-0.39, 0.29) is 12.8 Å². The third kappa shape index (κ3) is 2.79. The van der Waals surface area contributed by atoms with Gasteiger partial charge in [-0.05, 0) is 5.56 Å². The lowest BCUT2D eigenvalue weighted by Crippen LogP contribution is -2.24. The highest BCUT2D eigenvalue weighted by atomic mass is 16.4. The molecule has 78 valence electrons. The molecule has 0 spiro atoms. The van der Waals surface area contributed by atoms with E-state index < -0.39 is 11.6 Å². The van der Waals surface area contributed by atoms with E-state index in [4.69, 9.17) is 10.4 Å². The molecule has 2 N–H and O–H groups in total. The summed E-state index contributed by atoms with van der Waals surface area (Å²) in [5.74, 6) is -1.03. The molecule has 1 rings (SSSR count). The Kier molecular flexibility index (Phi) is 3.42. The highest BCUT2D eigenvalue weighted by molar-refractivity contribution is 5.66. The van der Waals surface area contributed by atoms with Gasteiger partial charge in [0.25, 0.3) is 0 Å². The normalized spacial score (nSPS) is 13.9. The van der Waals surface area contributed by atoms with Crippen LogP contribution >= 0.6 is 0 Å². The molecule has 1 unspecified atom stereocenters. The van der Waals surface area contributed by atoms with E-state index in [9.17, 15) is 9.90 Å². The van der Waals surface area contributed by atoms with Crippen molar-refractivity contribution in [2.45, 2.75) is 18.4 Å². The topological polar surface area (TPSA) is 81.3 Å². The summed E-state index contributed by atoms with van der Waals surface area (Å²) < 4.78 is 0. The Balaban J connectivity index is 2.87. The summed E-state index contributed by atoms with van der Waals surface area (Å²) in [5.41, 5.74) is -1.28. The number of hydrogen-bond acceptors (Lipinski definition) is 3. The van der Waals surface area contributed by atoms with Crippen LogP contribution in [0.2, 0.25) is 0 Å². The Hall–Kier alpha value is -1.86. The van der Waals surface area contributed by atoms with Crippen molar-refractivity contribution in [1.82, 2.24) is 0 Å². The zero-order chi connectivity index (χ0) is 11.3.